The Morgan fingerprint density at radius 3 is 2.43 bits per heavy atom. The van der Waals surface area contributed by atoms with Gasteiger partial charge in [0.05, 0.1) is 5.56 Å². The minimum atomic E-state index is -2.65. The van der Waals surface area contributed by atoms with Crippen molar-refractivity contribution in [2.75, 3.05) is 0 Å². The van der Waals surface area contributed by atoms with Crippen LogP contribution in [-0.2, 0) is 0 Å². The van der Waals surface area contributed by atoms with Gasteiger partial charge in [-0.25, -0.2) is 8.78 Å². The van der Waals surface area contributed by atoms with Gasteiger partial charge in [0.2, 0.25) is 0 Å². The highest BCUT2D eigenvalue weighted by atomic mass is 19.3. The van der Waals surface area contributed by atoms with Gasteiger partial charge in [-0.2, -0.15) is 0 Å². The Kier molecular flexibility index (Phi) is 2.08. The number of halogens is 2. The maximum atomic E-state index is 12.6. The first-order valence-electron chi connectivity index (χ1n) is 4.19. The van der Waals surface area contributed by atoms with E-state index in [-0.39, 0.29) is 11.3 Å². The fourth-order valence-electron chi connectivity index (χ4n) is 1.51. The number of aromatic hydroxyl groups is 1. The van der Waals surface area contributed by atoms with Crippen LogP contribution in [-0.4, -0.2) is 5.11 Å². The second-order valence-corrected chi connectivity index (χ2v) is 3.02. The van der Waals surface area contributed by atoms with Crippen molar-refractivity contribution < 1.29 is 13.9 Å². The molecular formula is C11H8F2O. The Morgan fingerprint density at radius 1 is 1.00 bits per heavy atom. The van der Waals surface area contributed by atoms with E-state index in [1.54, 1.807) is 30.3 Å². The lowest BCUT2D eigenvalue weighted by Crippen LogP contribution is -1.87. The number of hydrogen-bond donors (Lipinski definition) is 1. The van der Waals surface area contributed by atoms with Crippen molar-refractivity contribution in [2.45, 2.75) is 6.43 Å². The molecule has 0 amide bonds. The zero-order valence-electron chi connectivity index (χ0n) is 7.24. The van der Waals surface area contributed by atoms with Crippen LogP contribution in [0.15, 0.2) is 36.4 Å². The fourth-order valence-corrected chi connectivity index (χ4v) is 1.51. The van der Waals surface area contributed by atoms with Crippen LogP contribution in [0.5, 0.6) is 5.75 Å². The molecule has 0 fully saturated rings. The molecule has 0 saturated carbocycles. The van der Waals surface area contributed by atoms with Gasteiger partial charge in [0.25, 0.3) is 6.43 Å². The highest BCUT2D eigenvalue weighted by Gasteiger charge is 2.15. The Morgan fingerprint density at radius 2 is 1.71 bits per heavy atom. The molecule has 0 bridgehead atoms. The average Bonchev–Trinajstić information content (AvgIpc) is 2.17. The monoisotopic (exact) mass is 194 g/mol. The summed E-state index contributed by atoms with van der Waals surface area (Å²) in [6, 6.07) is 9.68. The summed E-state index contributed by atoms with van der Waals surface area (Å²) in [5.74, 6) is -0.348. The van der Waals surface area contributed by atoms with Crippen LogP contribution in [0, 0.1) is 0 Å². The second kappa shape index (κ2) is 3.25. The normalized spacial score (nSPS) is 11.1. The molecule has 0 unspecified atom stereocenters. The first-order valence-corrected chi connectivity index (χ1v) is 4.19. The molecule has 2 aromatic carbocycles. The maximum Gasteiger partial charge on any atom is 0.268 e. The van der Waals surface area contributed by atoms with Crippen LogP contribution in [0.25, 0.3) is 10.8 Å². The van der Waals surface area contributed by atoms with Crippen LogP contribution in [0.3, 0.4) is 0 Å². The molecule has 0 aromatic heterocycles. The zero-order valence-corrected chi connectivity index (χ0v) is 7.24. The van der Waals surface area contributed by atoms with E-state index in [1.807, 2.05) is 0 Å². The van der Waals surface area contributed by atoms with Crippen LogP contribution in [0.2, 0.25) is 0 Å². The van der Waals surface area contributed by atoms with Crippen molar-refractivity contribution in [3.8, 4) is 5.75 Å². The molecule has 72 valence electrons. The number of phenols is 1. The summed E-state index contributed by atoms with van der Waals surface area (Å²) in [5.41, 5.74) is -0.289. The van der Waals surface area contributed by atoms with E-state index in [0.29, 0.717) is 10.8 Å². The summed E-state index contributed by atoms with van der Waals surface area (Å²) >= 11 is 0. The van der Waals surface area contributed by atoms with Gasteiger partial charge in [0.1, 0.15) is 5.75 Å². The van der Waals surface area contributed by atoms with Gasteiger partial charge in [-0.05, 0) is 16.8 Å². The first-order chi connectivity index (χ1) is 6.70. The number of rotatable bonds is 1. The third-order valence-corrected chi connectivity index (χ3v) is 2.17. The zero-order chi connectivity index (χ0) is 10.1. The second-order valence-electron chi connectivity index (χ2n) is 3.02. The van der Waals surface area contributed by atoms with Gasteiger partial charge in [-0.15, -0.1) is 0 Å². The molecule has 1 N–H and O–H groups in total. The highest BCUT2D eigenvalue weighted by Crippen LogP contribution is 2.34. The van der Waals surface area contributed by atoms with Crippen molar-refractivity contribution >= 4 is 10.8 Å². The summed E-state index contributed by atoms with van der Waals surface area (Å²) in [6.07, 6.45) is -2.65. The van der Waals surface area contributed by atoms with Gasteiger partial charge >= 0.3 is 0 Å². The molecule has 0 atom stereocenters. The van der Waals surface area contributed by atoms with Gasteiger partial charge in [-0.3, -0.25) is 0 Å². The molecular weight excluding hydrogens is 186 g/mol. The summed E-state index contributed by atoms with van der Waals surface area (Å²) in [5, 5.41) is 10.4. The van der Waals surface area contributed by atoms with Crippen LogP contribution < -0.4 is 0 Å². The standard InChI is InChI=1S/C11H8F2O/c12-11(13)10-8-4-2-1-3-7(8)5-6-9(10)14/h1-6,11,14H. The number of hydrogen-bond acceptors (Lipinski definition) is 1. The molecule has 0 aliphatic rings. The predicted octanol–water partition coefficient (Wildman–Crippen LogP) is 3.48. The van der Waals surface area contributed by atoms with Crippen molar-refractivity contribution in [1.29, 1.82) is 0 Å². The molecule has 2 rings (SSSR count). The van der Waals surface area contributed by atoms with Crippen molar-refractivity contribution in [1.82, 2.24) is 0 Å². The molecule has 0 aliphatic carbocycles. The van der Waals surface area contributed by atoms with E-state index in [0.717, 1.165) is 0 Å². The molecule has 3 heteroatoms. The largest absolute Gasteiger partial charge is 0.507 e. The average molecular weight is 194 g/mol. The molecule has 0 spiro atoms. The Labute approximate surface area is 79.6 Å². The minimum absolute atomic E-state index is 0.289. The quantitative estimate of drug-likeness (QED) is 0.736. The third-order valence-electron chi connectivity index (χ3n) is 2.17. The van der Waals surface area contributed by atoms with Crippen LogP contribution >= 0.6 is 0 Å². The molecule has 2 aromatic rings. The van der Waals surface area contributed by atoms with Crippen molar-refractivity contribution in [2.24, 2.45) is 0 Å². The third kappa shape index (κ3) is 1.31. The van der Waals surface area contributed by atoms with Crippen LogP contribution in [0.4, 0.5) is 8.78 Å². The van der Waals surface area contributed by atoms with Gasteiger partial charge in [-0.1, -0.05) is 30.3 Å². The van der Waals surface area contributed by atoms with E-state index >= 15 is 0 Å². The summed E-state index contributed by atoms with van der Waals surface area (Å²) in [6.45, 7) is 0. The number of fused-ring (bicyclic) bond motifs is 1. The lowest BCUT2D eigenvalue weighted by atomic mass is 10.0. The van der Waals surface area contributed by atoms with Gasteiger partial charge in [0, 0.05) is 0 Å². The summed E-state index contributed by atoms with van der Waals surface area (Å²) in [4.78, 5) is 0. The molecule has 1 nitrogen and oxygen atoms in total. The molecule has 14 heavy (non-hydrogen) atoms. The number of benzene rings is 2. The lowest BCUT2D eigenvalue weighted by Gasteiger charge is -2.07. The SMILES string of the molecule is Oc1ccc2ccccc2c1C(F)F. The van der Waals surface area contributed by atoms with Crippen LogP contribution in [0.1, 0.15) is 12.0 Å². The predicted molar refractivity (Wildman–Crippen MR) is 50.6 cm³/mol. The Bertz CT molecular complexity index is 466. The van der Waals surface area contributed by atoms with Gasteiger partial charge < -0.3 is 5.11 Å². The highest BCUT2D eigenvalue weighted by molar-refractivity contribution is 5.87. The Balaban J connectivity index is 2.83. The topological polar surface area (TPSA) is 20.2 Å². The molecule has 0 aliphatic heterocycles. The maximum absolute atomic E-state index is 12.6. The fraction of sp³-hybridized carbons (Fsp3) is 0.0909. The molecule has 0 saturated heterocycles. The number of phenolic OH excluding ortho intramolecular Hbond substituents is 1. The summed E-state index contributed by atoms with van der Waals surface area (Å²) in [7, 11) is 0. The molecule has 0 heterocycles. The van der Waals surface area contributed by atoms with E-state index in [2.05, 4.69) is 0 Å². The van der Waals surface area contributed by atoms with E-state index in [9.17, 15) is 13.9 Å². The van der Waals surface area contributed by atoms with E-state index in [4.69, 9.17) is 0 Å². The first kappa shape index (κ1) is 8.94. The number of alkyl halides is 2. The van der Waals surface area contributed by atoms with Crippen molar-refractivity contribution in [3.05, 3.63) is 42.0 Å². The summed E-state index contributed by atoms with van der Waals surface area (Å²) < 4.78 is 25.2. The minimum Gasteiger partial charge on any atom is -0.507 e. The van der Waals surface area contributed by atoms with E-state index in [1.165, 1.54) is 6.07 Å². The molecule has 0 radical (unpaired) electrons. The smallest absolute Gasteiger partial charge is 0.268 e. The van der Waals surface area contributed by atoms with Gasteiger partial charge in [0.15, 0.2) is 0 Å². The van der Waals surface area contributed by atoms with Crippen molar-refractivity contribution in [3.63, 3.8) is 0 Å². The lowest BCUT2D eigenvalue weighted by molar-refractivity contribution is 0.149. The van der Waals surface area contributed by atoms with E-state index < -0.39 is 6.43 Å². The Hall–Kier alpha value is -1.64.